The van der Waals surface area contributed by atoms with E-state index in [2.05, 4.69) is 67.6 Å². The molecular formula is C23H24O2. The molecule has 0 unspecified atom stereocenters. The summed E-state index contributed by atoms with van der Waals surface area (Å²) in [6, 6.07) is 27.2. The first kappa shape index (κ1) is 17.1. The molecular weight excluding hydrogens is 308 g/mol. The Labute approximate surface area is 150 Å². The van der Waals surface area contributed by atoms with Crippen molar-refractivity contribution < 1.29 is 9.47 Å². The molecule has 0 aliphatic heterocycles. The van der Waals surface area contributed by atoms with Gasteiger partial charge in [0.15, 0.2) is 0 Å². The van der Waals surface area contributed by atoms with Gasteiger partial charge in [-0.15, -0.1) is 0 Å². The van der Waals surface area contributed by atoms with Gasteiger partial charge in [0.2, 0.25) is 0 Å². The Morgan fingerprint density at radius 1 is 0.640 bits per heavy atom. The van der Waals surface area contributed by atoms with Gasteiger partial charge in [-0.2, -0.15) is 0 Å². The maximum Gasteiger partial charge on any atom is 0.125 e. The van der Waals surface area contributed by atoms with E-state index in [1.54, 1.807) is 14.2 Å². The Balaban J connectivity index is 2.15. The molecule has 2 nitrogen and oxygen atoms in total. The third-order valence-corrected chi connectivity index (χ3v) is 4.88. The fraction of sp³-hybridized carbons (Fsp3) is 0.217. The molecule has 3 aromatic rings. The fourth-order valence-corrected chi connectivity index (χ4v) is 3.44. The zero-order chi connectivity index (χ0) is 17.7. The molecule has 0 radical (unpaired) electrons. The molecule has 0 amide bonds. The molecule has 25 heavy (non-hydrogen) atoms. The highest BCUT2D eigenvalue weighted by atomic mass is 16.5. The van der Waals surface area contributed by atoms with E-state index in [0.717, 1.165) is 23.5 Å². The third-order valence-electron chi connectivity index (χ3n) is 4.88. The van der Waals surface area contributed by atoms with E-state index in [0.29, 0.717) is 0 Å². The Hall–Kier alpha value is -2.74. The van der Waals surface area contributed by atoms with E-state index in [1.165, 1.54) is 11.1 Å². The van der Waals surface area contributed by atoms with Crippen molar-refractivity contribution in [3.05, 3.63) is 95.6 Å². The molecule has 0 bridgehead atoms. The van der Waals surface area contributed by atoms with E-state index >= 15 is 0 Å². The van der Waals surface area contributed by atoms with Crippen LogP contribution >= 0.6 is 0 Å². The lowest BCUT2D eigenvalue weighted by molar-refractivity contribution is 0.378. The molecule has 0 N–H and O–H groups in total. The van der Waals surface area contributed by atoms with Crippen LogP contribution in [0.2, 0.25) is 0 Å². The molecule has 0 spiro atoms. The molecule has 128 valence electrons. The summed E-state index contributed by atoms with van der Waals surface area (Å²) >= 11 is 0. The molecule has 0 aliphatic carbocycles. The number of hydrogen-bond acceptors (Lipinski definition) is 2. The van der Waals surface area contributed by atoms with Gasteiger partial charge in [0, 0.05) is 11.0 Å². The largest absolute Gasteiger partial charge is 0.496 e. The van der Waals surface area contributed by atoms with Gasteiger partial charge in [0.1, 0.15) is 11.5 Å². The van der Waals surface area contributed by atoms with Crippen LogP contribution in [0.3, 0.4) is 0 Å². The topological polar surface area (TPSA) is 18.5 Å². The zero-order valence-corrected chi connectivity index (χ0v) is 15.0. The highest BCUT2D eigenvalue weighted by Crippen LogP contribution is 2.40. The second kappa shape index (κ2) is 7.43. The van der Waals surface area contributed by atoms with Crippen molar-refractivity contribution >= 4 is 0 Å². The summed E-state index contributed by atoms with van der Waals surface area (Å²) in [6.45, 7) is 2.28. The standard InChI is InChI=1S/C23H24O2/c1-23(18-11-6-4-7-12-18,19-13-8-5-9-14-19)17-20-21(24-2)15-10-16-22(20)25-3/h4-16H,17H2,1-3H3. The maximum atomic E-state index is 5.63. The second-order valence-electron chi connectivity index (χ2n) is 6.38. The van der Waals surface area contributed by atoms with Crippen molar-refractivity contribution in [2.24, 2.45) is 0 Å². The van der Waals surface area contributed by atoms with Crippen LogP contribution in [-0.4, -0.2) is 14.2 Å². The first-order valence-electron chi connectivity index (χ1n) is 8.50. The summed E-state index contributed by atoms with van der Waals surface area (Å²) in [6.07, 6.45) is 0.786. The molecule has 3 rings (SSSR count). The molecule has 3 aromatic carbocycles. The highest BCUT2D eigenvalue weighted by Gasteiger charge is 2.31. The molecule has 0 heterocycles. The van der Waals surface area contributed by atoms with Crippen LogP contribution in [0.15, 0.2) is 78.9 Å². The number of rotatable bonds is 6. The summed E-state index contributed by atoms with van der Waals surface area (Å²) in [5.74, 6) is 1.72. The smallest absolute Gasteiger partial charge is 0.125 e. The predicted octanol–water partition coefficient (Wildman–Crippen LogP) is 5.25. The van der Waals surface area contributed by atoms with Gasteiger partial charge in [-0.05, 0) is 29.7 Å². The van der Waals surface area contributed by atoms with Crippen molar-refractivity contribution in [3.63, 3.8) is 0 Å². The minimum Gasteiger partial charge on any atom is -0.496 e. The first-order chi connectivity index (χ1) is 12.2. The van der Waals surface area contributed by atoms with Gasteiger partial charge in [-0.25, -0.2) is 0 Å². The number of methoxy groups -OCH3 is 2. The van der Waals surface area contributed by atoms with Crippen molar-refractivity contribution in [2.75, 3.05) is 14.2 Å². The van der Waals surface area contributed by atoms with E-state index in [9.17, 15) is 0 Å². The molecule has 2 heteroatoms. The molecule has 0 aliphatic rings. The molecule has 0 saturated carbocycles. The fourth-order valence-electron chi connectivity index (χ4n) is 3.44. The molecule has 0 aromatic heterocycles. The van der Waals surface area contributed by atoms with Crippen LogP contribution in [0.1, 0.15) is 23.6 Å². The van der Waals surface area contributed by atoms with Gasteiger partial charge < -0.3 is 9.47 Å². The zero-order valence-electron chi connectivity index (χ0n) is 15.0. The predicted molar refractivity (Wildman–Crippen MR) is 103 cm³/mol. The lowest BCUT2D eigenvalue weighted by atomic mass is 9.72. The van der Waals surface area contributed by atoms with E-state index < -0.39 is 0 Å². The van der Waals surface area contributed by atoms with E-state index in [4.69, 9.17) is 9.47 Å². The number of hydrogen-bond donors (Lipinski definition) is 0. The minimum absolute atomic E-state index is 0.190. The van der Waals surface area contributed by atoms with Crippen molar-refractivity contribution in [2.45, 2.75) is 18.8 Å². The number of benzene rings is 3. The summed E-state index contributed by atoms with van der Waals surface area (Å²) < 4.78 is 11.3. The third kappa shape index (κ3) is 3.39. The van der Waals surface area contributed by atoms with Gasteiger partial charge in [0.05, 0.1) is 14.2 Å². The normalized spacial score (nSPS) is 11.2. The Morgan fingerprint density at radius 2 is 1.08 bits per heavy atom. The SMILES string of the molecule is COc1cccc(OC)c1CC(C)(c1ccccc1)c1ccccc1. The number of ether oxygens (including phenoxy) is 2. The van der Waals surface area contributed by atoms with Crippen LogP contribution in [0.25, 0.3) is 0 Å². The van der Waals surface area contributed by atoms with Crippen LogP contribution in [0.4, 0.5) is 0 Å². The van der Waals surface area contributed by atoms with E-state index in [1.807, 2.05) is 18.2 Å². The summed E-state index contributed by atoms with van der Waals surface area (Å²) in [5, 5.41) is 0. The average Bonchev–Trinajstić information content (AvgIpc) is 2.69. The van der Waals surface area contributed by atoms with Crippen molar-refractivity contribution in [3.8, 4) is 11.5 Å². The van der Waals surface area contributed by atoms with Crippen molar-refractivity contribution in [1.29, 1.82) is 0 Å². The Bertz CT molecular complexity index is 748. The minimum atomic E-state index is -0.190. The quantitative estimate of drug-likeness (QED) is 0.613. The summed E-state index contributed by atoms with van der Waals surface area (Å²) in [5.41, 5.74) is 3.44. The molecule has 0 atom stereocenters. The monoisotopic (exact) mass is 332 g/mol. The van der Waals surface area contributed by atoms with Crippen LogP contribution < -0.4 is 9.47 Å². The van der Waals surface area contributed by atoms with E-state index in [-0.39, 0.29) is 5.41 Å². The van der Waals surface area contributed by atoms with Gasteiger partial charge in [-0.3, -0.25) is 0 Å². The molecule has 0 saturated heterocycles. The van der Waals surface area contributed by atoms with Crippen LogP contribution in [0.5, 0.6) is 11.5 Å². The highest BCUT2D eigenvalue weighted by molar-refractivity contribution is 5.49. The van der Waals surface area contributed by atoms with Gasteiger partial charge in [0.25, 0.3) is 0 Å². The first-order valence-corrected chi connectivity index (χ1v) is 8.50. The lowest BCUT2D eigenvalue weighted by Gasteiger charge is -2.32. The van der Waals surface area contributed by atoms with Gasteiger partial charge >= 0.3 is 0 Å². The average molecular weight is 332 g/mol. The molecule has 0 fully saturated rings. The van der Waals surface area contributed by atoms with Gasteiger partial charge in [-0.1, -0.05) is 73.7 Å². The van der Waals surface area contributed by atoms with Crippen LogP contribution in [-0.2, 0) is 11.8 Å². The van der Waals surface area contributed by atoms with Crippen molar-refractivity contribution in [1.82, 2.24) is 0 Å². The summed E-state index contributed by atoms with van der Waals surface area (Å²) in [7, 11) is 3.42. The second-order valence-corrected chi connectivity index (χ2v) is 6.38. The lowest BCUT2D eigenvalue weighted by Crippen LogP contribution is -2.27. The summed E-state index contributed by atoms with van der Waals surface area (Å²) in [4.78, 5) is 0. The Kier molecular flexibility index (Phi) is 5.08. The van der Waals surface area contributed by atoms with Crippen LogP contribution in [0, 0.1) is 0 Å². The Morgan fingerprint density at radius 3 is 1.48 bits per heavy atom. The maximum absolute atomic E-state index is 5.63.